The van der Waals surface area contributed by atoms with Gasteiger partial charge in [-0.2, -0.15) is 0 Å². The van der Waals surface area contributed by atoms with E-state index in [9.17, 15) is 14.4 Å². The van der Waals surface area contributed by atoms with Gasteiger partial charge in [0.15, 0.2) is 0 Å². The van der Waals surface area contributed by atoms with Gasteiger partial charge in [0.05, 0.1) is 17.3 Å². The number of rotatable bonds is 2. The molecule has 0 fully saturated rings. The van der Waals surface area contributed by atoms with Gasteiger partial charge in [0.25, 0.3) is 0 Å². The van der Waals surface area contributed by atoms with Gasteiger partial charge in [-0.25, -0.2) is 4.79 Å². The van der Waals surface area contributed by atoms with Crippen LogP contribution in [0.3, 0.4) is 0 Å². The Morgan fingerprint density at radius 2 is 1.90 bits per heavy atom. The minimum absolute atomic E-state index is 0.00166. The van der Waals surface area contributed by atoms with Crippen molar-refractivity contribution < 1.29 is 19.1 Å². The van der Waals surface area contributed by atoms with E-state index in [0.29, 0.717) is 5.70 Å². The number of esters is 1. The number of ketones is 2. The molecule has 1 atom stereocenters. The van der Waals surface area contributed by atoms with Gasteiger partial charge in [-0.15, -0.1) is 0 Å². The predicted octanol–water partition coefficient (Wildman–Crippen LogP) is 1.74. The molecule has 1 heterocycles. The molecule has 0 spiro atoms. The van der Waals surface area contributed by atoms with Crippen LogP contribution in [0.1, 0.15) is 20.3 Å². The Morgan fingerprint density at radius 1 is 1.30 bits per heavy atom. The molecule has 0 aromatic heterocycles. The summed E-state index contributed by atoms with van der Waals surface area (Å²) in [6.07, 6.45) is 0.0721. The highest BCUT2D eigenvalue weighted by Gasteiger charge is 2.52. The van der Waals surface area contributed by atoms with Crippen molar-refractivity contribution in [1.82, 2.24) is 4.90 Å². The number of carbonyl (C=O) groups is 3. The van der Waals surface area contributed by atoms with Crippen molar-refractivity contribution in [3.05, 3.63) is 21.3 Å². The van der Waals surface area contributed by atoms with E-state index in [1.807, 2.05) is 0 Å². The SMILES string of the molecule is CCOC(=O)C1(C)CC2=C(C(Cl)=C(Cl)C(=O)C2=O)N1C. The zero-order valence-corrected chi connectivity index (χ0v) is 12.8. The first-order valence-electron chi connectivity index (χ1n) is 6.04. The standard InChI is InChI=1S/C13H13Cl2NO4/c1-4-20-12(19)13(2)5-6-9(16(13)3)7(14)8(15)11(18)10(6)17/h4-5H2,1-3H3. The van der Waals surface area contributed by atoms with Crippen molar-refractivity contribution in [2.75, 3.05) is 13.7 Å². The topological polar surface area (TPSA) is 63.7 Å². The molecule has 0 bridgehead atoms. The smallest absolute Gasteiger partial charge is 0.332 e. The minimum Gasteiger partial charge on any atom is -0.464 e. The maximum atomic E-state index is 12.1. The largest absolute Gasteiger partial charge is 0.464 e. The molecule has 1 aliphatic carbocycles. The molecule has 0 aromatic carbocycles. The van der Waals surface area contributed by atoms with Gasteiger partial charge in [0.2, 0.25) is 11.6 Å². The van der Waals surface area contributed by atoms with Gasteiger partial charge in [0, 0.05) is 19.0 Å². The maximum absolute atomic E-state index is 12.1. The van der Waals surface area contributed by atoms with Crippen LogP contribution in [0.15, 0.2) is 21.3 Å². The molecular weight excluding hydrogens is 305 g/mol. The lowest BCUT2D eigenvalue weighted by Gasteiger charge is -2.33. The van der Waals surface area contributed by atoms with Crippen molar-refractivity contribution >= 4 is 40.7 Å². The van der Waals surface area contributed by atoms with Gasteiger partial charge in [-0.3, -0.25) is 9.59 Å². The number of likely N-dealkylation sites (N-methyl/N-ethyl adjacent to an activating group) is 1. The molecule has 0 N–H and O–H groups in total. The lowest BCUT2D eigenvalue weighted by molar-refractivity contribution is -0.154. The highest BCUT2D eigenvalue weighted by Crippen LogP contribution is 2.45. The van der Waals surface area contributed by atoms with Crippen molar-refractivity contribution in [3.63, 3.8) is 0 Å². The van der Waals surface area contributed by atoms with Crippen molar-refractivity contribution in [3.8, 4) is 0 Å². The highest BCUT2D eigenvalue weighted by atomic mass is 35.5. The summed E-state index contributed by atoms with van der Waals surface area (Å²) < 4.78 is 5.03. The molecule has 2 rings (SSSR count). The van der Waals surface area contributed by atoms with Crippen LogP contribution in [-0.4, -0.2) is 41.6 Å². The monoisotopic (exact) mass is 317 g/mol. The summed E-state index contributed by atoms with van der Waals surface area (Å²) in [6, 6.07) is 0. The molecule has 0 saturated heterocycles. The van der Waals surface area contributed by atoms with E-state index in [1.54, 1.807) is 25.8 Å². The Bertz CT molecular complexity index is 593. The molecule has 0 aromatic rings. The Hall–Kier alpha value is -1.33. The summed E-state index contributed by atoms with van der Waals surface area (Å²) in [6.45, 7) is 3.56. The van der Waals surface area contributed by atoms with Gasteiger partial charge < -0.3 is 9.64 Å². The Labute approximate surface area is 126 Å². The van der Waals surface area contributed by atoms with Crippen LogP contribution in [0.25, 0.3) is 0 Å². The van der Waals surface area contributed by atoms with Gasteiger partial charge in [-0.05, 0) is 13.8 Å². The third kappa shape index (κ3) is 1.88. The summed E-state index contributed by atoms with van der Waals surface area (Å²) in [5.41, 5.74) is -0.530. The van der Waals surface area contributed by atoms with Gasteiger partial charge in [-0.1, -0.05) is 23.2 Å². The number of nitrogens with zero attached hydrogens (tertiary/aromatic N) is 1. The van der Waals surface area contributed by atoms with E-state index < -0.39 is 23.1 Å². The number of Topliss-reactive ketones (excluding diaryl/α,β-unsaturated/α-hetero) is 2. The molecule has 0 radical (unpaired) electrons. The van der Waals surface area contributed by atoms with Crippen molar-refractivity contribution in [2.45, 2.75) is 25.8 Å². The van der Waals surface area contributed by atoms with E-state index in [1.165, 1.54) is 0 Å². The van der Waals surface area contributed by atoms with E-state index in [4.69, 9.17) is 27.9 Å². The molecule has 7 heteroatoms. The quantitative estimate of drug-likeness (QED) is 0.441. The molecule has 0 amide bonds. The Kier molecular flexibility index (Phi) is 3.69. The third-order valence-electron chi connectivity index (χ3n) is 3.68. The number of carbonyl (C=O) groups excluding carboxylic acids is 3. The predicted molar refractivity (Wildman–Crippen MR) is 73.2 cm³/mol. The van der Waals surface area contributed by atoms with Crippen LogP contribution in [0.2, 0.25) is 0 Å². The van der Waals surface area contributed by atoms with Crippen molar-refractivity contribution in [1.29, 1.82) is 0 Å². The third-order valence-corrected chi connectivity index (χ3v) is 4.50. The summed E-state index contributed by atoms with van der Waals surface area (Å²) in [4.78, 5) is 37.4. The fraction of sp³-hybridized carbons (Fsp3) is 0.462. The molecule has 108 valence electrons. The summed E-state index contributed by atoms with van der Waals surface area (Å²) in [5.74, 6) is -2.02. The normalized spacial score (nSPS) is 26.4. The average Bonchev–Trinajstić information content (AvgIpc) is 2.68. The Morgan fingerprint density at radius 3 is 2.45 bits per heavy atom. The summed E-state index contributed by atoms with van der Waals surface area (Å²) >= 11 is 11.8. The number of allylic oxidation sites excluding steroid dienone is 2. The van der Waals surface area contributed by atoms with E-state index in [-0.39, 0.29) is 28.7 Å². The molecule has 1 unspecified atom stereocenters. The first-order chi connectivity index (χ1) is 9.25. The number of ether oxygens (including phenoxy) is 1. The summed E-state index contributed by atoms with van der Waals surface area (Å²) in [5, 5.41) is -0.308. The second-order valence-corrected chi connectivity index (χ2v) is 5.60. The first kappa shape index (κ1) is 15.1. The second-order valence-electron chi connectivity index (χ2n) is 4.84. The zero-order chi connectivity index (χ0) is 15.2. The zero-order valence-electron chi connectivity index (χ0n) is 11.3. The number of hydrogen-bond acceptors (Lipinski definition) is 5. The molecule has 5 nitrogen and oxygen atoms in total. The molecule has 20 heavy (non-hydrogen) atoms. The maximum Gasteiger partial charge on any atom is 0.332 e. The number of hydrogen-bond donors (Lipinski definition) is 0. The lowest BCUT2D eigenvalue weighted by Crippen LogP contribution is -2.47. The van der Waals surface area contributed by atoms with Crippen LogP contribution in [0.4, 0.5) is 0 Å². The van der Waals surface area contributed by atoms with Crippen LogP contribution < -0.4 is 0 Å². The van der Waals surface area contributed by atoms with Gasteiger partial charge >= 0.3 is 5.97 Å². The highest BCUT2D eigenvalue weighted by molar-refractivity contribution is 6.65. The lowest BCUT2D eigenvalue weighted by atomic mass is 9.92. The van der Waals surface area contributed by atoms with Crippen LogP contribution in [-0.2, 0) is 19.1 Å². The molecule has 0 saturated carbocycles. The van der Waals surface area contributed by atoms with Gasteiger partial charge in [0.1, 0.15) is 10.6 Å². The second kappa shape index (κ2) is 4.90. The van der Waals surface area contributed by atoms with Crippen LogP contribution in [0, 0.1) is 0 Å². The Balaban J connectivity index is 2.49. The van der Waals surface area contributed by atoms with E-state index >= 15 is 0 Å². The van der Waals surface area contributed by atoms with E-state index in [0.717, 1.165) is 0 Å². The fourth-order valence-corrected chi connectivity index (χ4v) is 2.90. The number of halogens is 2. The average molecular weight is 318 g/mol. The van der Waals surface area contributed by atoms with Crippen molar-refractivity contribution in [2.24, 2.45) is 0 Å². The molecular formula is C13H13Cl2NO4. The van der Waals surface area contributed by atoms with Crippen LogP contribution >= 0.6 is 23.2 Å². The minimum atomic E-state index is -1.07. The fourth-order valence-electron chi connectivity index (χ4n) is 2.40. The summed E-state index contributed by atoms with van der Waals surface area (Å²) in [7, 11) is 1.62. The van der Waals surface area contributed by atoms with Crippen LogP contribution in [0.5, 0.6) is 0 Å². The molecule has 1 aliphatic heterocycles. The first-order valence-corrected chi connectivity index (χ1v) is 6.80. The molecule has 2 aliphatic rings. The van der Waals surface area contributed by atoms with E-state index in [2.05, 4.69) is 0 Å².